The van der Waals surface area contributed by atoms with Gasteiger partial charge >= 0.3 is 12.1 Å². The third-order valence-corrected chi connectivity index (χ3v) is 7.27. The zero-order valence-electron chi connectivity index (χ0n) is 20.4. The van der Waals surface area contributed by atoms with E-state index in [2.05, 4.69) is 34.9 Å². The van der Waals surface area contributed by atoms with Crippen LogP contribution >= 0.6 is 0 Å². The van der Waals surface area contributed by atoms with E-state index in [1.54, 1.807) is 13.8 Å². The highest BCUT2D eigenvalue weighted by atomic mass is 16.5. The van der Waals surface area contributed by atoms with Crippen LogP contribution in [0.2, 0.25) is 0 Å². The van der Waals surface area contributed by atoms with E-state index in [4.69, 9.17) is 4.74 Å². The van der Waals surface area contributed by atoms with Gasteiger partial charge in [0.25, 0.3) is 0 Å². The number of carboxylic acids is 1. The number of benzene rings is 2. The second kappa shape index (κ2) is 10.5. The van der Waals surface area contributed by atoms with Gasteiger partial charge in [0.05, 0.1) is 5.54 Å². The summed E-state index contributed by atoms with van der Waals surface area (Å²) in [4.78, 5) is 37.3. The van der Waals surface area contributed by atoms with Gasteiger partial charge in [-0.15, -0.1) is 0 Å². The first kappa shape index (κ1) is 24.8. The van der Waals surface area contributed by atoms with Gasteiger partial charge in [-0.05, 0) is 41.0 Å². The van der Waals surface area contributed by atoms with Crippen LogP contribution in [0.3, 0.4) is 0 Å². The molecule has 3 N–H and O–H groups in total. The minimum Gasteiger partial charge on any atom is -0.480 e. The molecule has 0 aliphatic heterocycles. The number of rotatable bonds is 8. The largest absolute Gasteiger partial charge is 0.480 e. The van der Waals surface area contributed by atoms with E-state index in [-0.39, 0.29) is 30.8 Å². The second-order valence-corrected chi connectivity index (χ2v) is 10.1. The first-order valence-corrected chi connectivity index (χ1v) is 12.4. The number of ether oxygens (including phenoxy) is 1. The lowest BCUT2D eigenvalue weighted by molar-refractivity contribution is -0.143. The van der Waals surface area contributed by atoms with Crippen molar-refractivity contribution in [3.8, 4) is 11.1 Å². The normalized spacial score (nSPS) is 17.2. The Morgan fingerprint density at radius 3 is 2.09 bits per heavy atom. The van der Waals surface area contributed by atoms with E-state index >= 15 is 0 Å². The molecule has 0 heterocycles. The average molecular weight is 479 g/mol. The molecule has 1 fully saturated rings. The van der Waals surface area contributed by atoms with E-state index in [0.717, 1.165) is 41.5 Å². The van der Waals surface area contributed by atoms with Gasteiger partial charge in [0.2, 0.25) is 5.91 Å². The summed E-state index contributed by atoms with van der Waals surface area (Å²) in [5, 5.41) is 15.0. The Morgan fingerprint density at radius 1 is 0.971 bits per heavy atom. The summed E-state index contributed by atoms with van der Waals surface area (Å²) in [5.41, 5.74) is 3.87. The average Bonchev–Trinajstić information content (AvgIpc) is 3.15. The van der Waals surface area contributed by atoms with Crippen LogP contribution in [0, 0.1) is 5.92 Å². The summed E-state index contributed by atoms with van der Waals surface area (Å²) in [6.45, 7) is 3.71. The highest BCUT2D eigenvalue weighted by Crippen LogP contribution is 2.44. The second-order valence-electron chi connectivity index (χ2n) is 10.1. The molecule has 0 saturated heterocycles. The van der Waals surface area contributed by atoms with Crippen molar-refractivity contribution in [3.63, 3.8) is 0 Å². The molecular formula is C28H34N2O5. The number of fused-ring (bicyclic) bond motifs is 3. The van der Waals surface area contributed by atoms with Gasteiger partial charge in [-0.3, -0.25) is 4.79 Å². The SMILES string of the molecule is CC(C)C(NC(=O)CC1(NC(=O)OCC2c3ccccc3-c3ccccc32)CCCCC1)C(=O)O. The van der Waals surface area contributed by atoms with Crippen LogP contribution in [0.4, 0.5) is 4.79 Å². The standard InChI is InChI=1S/C28H34N2O5/c1-18(2)25(26(32)33)29-24(31)16-28(14-8-3-9-15-28)30-27(34)35-17-23-21-12-6-4-10-19(21)20-11-5-7-13-22(20)23/h4-7,10-13,18,23,25H,3,8-9,14-17H2,1-2H3,(H,29,31)(H,30,34)(H,32,33). The fraction of sp³-hybridized carbons (Fsp3) is 0.464. The highest BCUT2D eigenvalue weighted by Gasteiger charge is 2.38. The third kappa shape index (κ3) is 5.50. The van der Waals surface area contributed by atoms with Crippen molar-refractivity contribution in [2.24, 2.45) is 5.92 Å². The van der Waals surface area contributed by atoms with Crippen LogP contribution < -0.4 is 10.6 Å². The van der Waals surface area contributed by atoms with Crippen molar-refractivity contribution in [3.05, 3.63) is 59.7 Å². The molecule has 2 amide bonds. The Kier molecular flexibility index (Phi) is 7.43. The molecule has 2 aliphatic rings. The number of aliphatic carboxylic acids is 1. The molecule has 186 valence electrons. The van der Waals surface area contributed by atoms with Gasteiger partial charge in [0, 0.05) is 12.3 Å². The number of hydrogen-bond donors (Lipinski definition) is 3. The summed E-state index contributed by atoms with van der Waals surface area (Å²) < 4.78 is 5.73. The van der Waals surface area contributed by atoms with E-state index < -0.39 is 23.6 Å². The molecule has 35 heavy (non-hydrogen) atoms. The van der Waals surface area contributed by atoms with E-state index in [9.17, 15) is 19.5 Å². The molecule has 0 aromatic heterocycles. The van der Waals surface area contributed by atoms with E-state index in [1.807, 2.05) is 24.3 Å². The number of nitrogens with one attached hydrogen (secondary N) is 2. The Balaban J connectivity index is 1.42. The van der Waals surface area contributed by atoms with Gasteiger partial charge < -0.3 is 20.5 Å². The molecule has 7 heteroatoms. The Morgan fingerprint density at radius 2 is 1.54 bits per heavy atom. The van der Waals surface area contributed by atoms with Crippen molar-refractivity contribution in [1.29, 1.82) is 0 Å². The number of amides is 2. The van der Waals surface area contributed by atoms with Gasteiger partial charge in [-0.1, -0.05) is 81.6 Å². The number of carbonyl (C=O) groups is 3. The molecule has 2 aromatic rings. The van der Waals surface area contributed by atoms with Gasteiger partial charge in [0.15, 0.2) is 0 Å². The summed E-state index contributed by atoms with van der Waals surface area (Å²) in [6, 6.07) is 15.4. The van der Waals surface area contributed by atoms with E-state index in [0.29, 0.717) is 12.8 Å². The zero-order valence-corrected chi connectivity index (χ0v) is 20.4. The minimum atomic E-state index is -1.06. The van der Waals surface area contributed by atoms with Gasteiger partial charge in [-0.2, -0.15) is 0 Å². The predicted molar refractivity (Wildman–Crippen MR) is 133 cm³/mol. The van der Waals surface area contributed by atoms with Crippen LogP contribution in [0.5, 0.6) is 0 Å². The summed E-state index contributed by atoms with van der Waals surface area (Å²) >= 11 is 0. The molecule has 2 aromatic carbocycles. The minimum absolute atomic E-state index is 0.0354. The topological polar surface area (TPSA) is 105 Å². The van der Waals surface area contributed by atoms with Gasteiger partial charge in [0.1, 0.15) is 12.6 Å². The van der Waals surface area contributed by atoms with Crippen molar-refractivity contribution < 1.29 is 24.2 Å². The summed E-state index contributed by atoms with van der Waals surface area (Å²) in [7, 11) is 0. The molecule has 1 saturated carbocycles. The van der Waals surface area contributed by atoms with Crippen LogP contribution in [0.1, 0.15) is 69.4 Å². The molecule has 2 aliphatic carbocycles. The van der Waals surface area contributed by atoms with Crippen LogP contribution in [-0.2, 0) is 14.3 Å². The quantitative estimate of drug-likeness (QED) is 0.503. The number of hydrogen-bond acceptors (Lipinski definition) is 4. The van der Waals surface area contributed by atoms with Crippen molar-refractivity contribution >= 4 is 18.0 Å². The molecule has 1 atom stereocenters. The van der Waals surface area contributed by atoms with Crippen LogP contribution in [0.15, 0.2) is 48.5 Å². The monoisotopic (exact) mass is 478 g/mol. The Hall–Kier alpha value is -3.35. The molecule has 0 radical (unpaired) electrons. The lowest BCUT2D eigenvalue weighted by Crippen LogP contribution is -2.54. The first-order valence-electron chi connectivity index (χ1n) is 12.4. The summed E-state index contributed by atoms with van der Waals surface area (Å²) in [6.07, 6.45) is 3.63. The van der Waals surface area contributed by atoms with Gasteiger partial charge in [-0.25, -0.2) is 9.59 Å². The maximum atomic E-state index is 13.0. The predicted octanol–water partition coefficient (Wildman–Crippen LogP) is 4.84. The first-order chi connectivity index (χ1) is 16.8. The molecule has 1 unspecified atom stereocenters. The van der Waals surface area contributed by atoms with Crippen LogP contribution in [0.25, 0.3) is 11.1 Å². The Labute approximate surface area is 206 Å². The third-order valence-electron chi connectivity index (χ3n) is 7.27. The summed E-state index contributed by atoms with van der Waals surface area (Å²) in [5.74, 6) is -1.71. The lowest BCUT2D eigenvalue weighted by Gasteiger charge is -2.37. The number of carbonyl (C=O) groups excluding carboxylic acids is 2. The van der Waals surface area contributed by atoms with Crippen molar-refractivity contribution in [2.45, 2.75) is 69.9 Å². The maximum absolute atomic E-state index is 13.0. The zero-order chi connectivity index (χ0) is 25.0. The smallest absolute Gasteiger partial charge is 0.407 e. The molecule has 7 nitrogen and oxygen atoms in total. The van der Waals surface area contributed by atoms with E-state index in [1.165, 1.54) is 0 Å². The lowest BCUT2D eigenvalue weighted by atomic mass is 9.79. The Bertz CT molecular complexity index is 1040. The fourth-order valence-corrected chi connectivity index (χ4v) is 5.47. The maximum Gasteiger partial charge on any atom is 0.407 e. The van der Waals surface area contributed by atoms with Crippen molar-refractivity contribution in [1.82, 2.24) is 10.6 Å². The fourth-order valence-electron chi connectivity index (χ4n) is 5.47. The number of carboxylic acid groups (broad SMARTS) is 1. The molecule has 0 spiro atoms. The van der Waals surface area contributed by atoms with Crippen LogP contribution in [-0.4, -0.2) is 41.3 Å². The van der Waals surface area contributed by atoms with Crippen molar-refractivity contribution in [2.75, 3.05) is 6.61 Å². The molecule has 0 bridgehead atoms. The number of alkyl carbamates (subject to hydrolysis) is 1. The molecule has 4 rings (SSSR count). The highest BCUT2D eigenvalue weighted by molar-refractivity contribution is 5.85. The molecular weight excluding hydrogens is 444 g/mol.